The van der Waals surface area contributed by atoms with Gasteiger partial charge in [-0.3, -0.25) is 9.59 Å². The van der Waals surface area contributed by atoms with E-state index in [9.17, 15) is 9.59 Å². The van der Waals surface area contributed by atoms with Gasteiger partial charge in [0.05, 0.1) is 6.54 Å². The first-order valence-electron chi connectivity index (χ1n) is 14.1. The Kier molecular flexibility index (Phi) is 9.81. The van der Waals surface area contributed by atoms with E-state index in [1.807, 2.05) is 23.2 Å². The van der Waals surface area contributed by atoms with Crippen LogP contribution in [0.4, 0.5) is 0 Å². The molecule has 38 heavy (non-hydrogen) atoms. The number of amides is 2. The lowest BCUT2D eigenvalue weighted by Gasteiger charge is -2.30. The van der Waals surface area contributed by atoms with Gasteiger partial charge in [-0.25, -0.2) is 0 Å². The van der Waals surface area contributed by atoms with Crippen LogP contribution in [0.2, 0.25) is 0 Å². The van der Waals surface area contributed by atoms with Crippen molar-refractivity contribution in [1.82, 2.24) is 14.8 Å². The number of carbonyl (C=O) groups is 2. The first-order valence-corrected chi connectivity index (χ1v) is 14.1. The van der Waals surface area contributed by atoms with Crippen molar-refractivity contribution in [1.29, 1.82) is 0 Å². The Morgan fingerprint density at radius 2 is 1.53 bits per heavy atom. The van der Waals surface area contributed by atoms with Crippen LogP contribution in [0.3, 0.4) is 0 Å². The summed E-state index contributed by atoms with van der Waals surface area (Å²) in [6.07, 6.45) is 5.12. The van der Waals surface area contributed by atoms with E-state index in [1.165, 1.54) is 16.5 Å². The molecule has 1 aromatic heterocycles. The third-order valence-electron chi connectivity index (χ3n) is 7.01. The topological polar surface area (TPSA) is 56.4 Å². The molecule has 0 spiro atoms. The summed E-state index contributed by atoms with van der Waals surface area (Å²) < 4.78 is 0. The first-order chi connectivity index (χ1) is 17.9. The largest absolute Gasteiger partial charge is 0.361 e. The number of carbonyl (C=O) groups excluding carboxylic acids is 2. The number of nitrogens with one attached hydrogen (secondary N) is 1. The van der Waals surface area contributed by atoms with Crippen LogP contribution in [0.15, 0.2) is 54.7 Å². The Morgan fingerprint density at radius 1 is 0.842 bits per heavy atom. The zero-order valence-electron chi connectivity index (χ0n) is 24.6. The number of H-pyrrole nitrogens is 1. The van der Waals surface area contributed by atoms with Crippen molar-refractivity contribution in [2.24, 2.45) is 5.41 Å². The van der Waals surface area contributed by atoms with Gasteiger partial charge in [-0.1, -0.05) is 97.4 Å². The predicted molar refractivity (Wildman–Crippen MR) is 158 cm³/mol. The molecule has 0 fully saturated rings. The molecule has 0 saturated carbocycles. The molecule has 2 aromatic carbocycles. The van der Waals surface area contributed by atoms with Crippen LogP contribution in [0.5, 0.6) is 0 Å². The fourth-order valence-electron chi connectivity index (χ4n) is 4.69. The van der Waals surface area contributed by atoms with E-state index in [2.05, 4.69) is 89.8 Å². The zero-order valence-corrected chi connectivity index (χ0v) is 24.6. The van der Waals surface area contributed by atoms with Crippen LogP contribution in [0.1, 0.15) is 84.4 Å². The molecule has 2 amide bonds. The lowest BCUT2D eigenvalue weighted by atomic mass is 9.87. The summed E-state index contributed by atoms with van der Waals surface area (Å²) >= 11 is 0. The highest BCUT2D eigenvalue weighted by molar-refractivity contribution is 5.85. The average molecular weight is 518 g/mol. The molecule has 0 atom stereocenters. The monoisotopic (exact) mass is 517 g/mol. The van der Waals surface area contributed by atoms with Crippen molar-refractivity contribution in [2.75, 3.05) is 19.6 Å². The molecule has 0 aliphatic heterocycles. The van der Waals surface area contributed by atoms with Gasteiger partial charge in [0.1, 0.15) is 0 Å². The normalized spacial score (nSPS) is 12.1. The van der Waals surface area contributed by atoms with Crippen LogP contribution in [-0.2, 0) is 28.0 Å². The summed E-state index contributed by atoms with van der Waals surface area (Å²) in [7, 11) is 0. The molecular formula is C33H47N3O2. The maximum Gasteiger partial charge on any atom is 0.242 e. The molecule has 3 aromatic rings. The van der Waals surface area contributed by atoms with E-state index in [0.29, 0.717) is 26.1 Å². The maximum absolute atomic E-state index is 13.8. The minimum atomic E-state index is -0.117. The standard InChI is InChI=1S/C33H47N3O2/c1-8-9-19-35(30(37)21-32(2,3)4)24-31(38)36(23-25-14-16-27(17-15-25)33(5,6)7)20-18-26-22-34-29-13-11-10-12-28(26)29/h10-17,22,34H,8-9,18-21,23-24H2,1-7H3. The van der Waals surface area contributed by atoms with Crippen molar-refractivity contribution in [3.05, 3.63) is 71.4 Å². The van der Waals surface area contributed by atoms with E-state index >= 15 is 0 Å². The highest BCUT2D eigenvalue weighted by Crippen LogP contribution is 2.24. The third kappa shape index (κ3) is 8.47. The van der Waals surface area contributed by atoms with Crippen molar-refractivity contribution >= 4 is 22.7 Å². The van der Waals surface area contributed by atoms with Gasteiger partial charge in [0.2, 0.25) is 11.8 Å². The van der Waals surface area contributed by atoms with Gasteiger partial charge in [-0.15, -0.1) is 0 Å². The van der Waals surface area contributed by atoms with Gasteiger partial charge in [0, 0.05) is 43.2 Å². The fourth-order valence-corrected chi connectivity index (χ4v) is 4.69. The number of para-hydroxylation sites is 1. The van der Waals surface area contributed by atoms with E-state index in [0.717, 1.165) is 30.3 Å². The Bertz CT molecular complexity index is 1200. The van der Waals surface area contributed by atoms with Crippen molar-refractivity contribution < 1.29 is 9.59 Å². The van der Waals surface area contributed by atoms with E-state index < -0.39 is 0 Å². The molecule has 1 heterocycles. The van der Waals surface area contributed by atoms with Crippen molar-refractivity contribution in [2.45, 2.75) is 86.1 Å². The highest BCUT2D eigenvalue weighted by Gasteiger charge is 2.25. The summed E-state index contributed by atoms with van der Waals surface area (Å²) in [5, 5.41) is 1.19. The van der Waals surface area contributed by atoms with E-state index in [1.54, 1.807) is 4.90 Å². The summed E-state index contributed by atoms with van der Waals surface area (Å²) in [6, 6.07) is 16.9. The Morgan fingerprint density at radius 3 is 2.16 bits per heavy atom. The number of aromatic amines is 1. The molecule has 3 rings (SSSR count). The smallest absolute Gasteiger partial charge is 0.242 e. The van der Waals surface area contributed by atoms with E-state index in [-0.39, 0.29) is 29.2 Å². The van der Waals surface area contributed by atoms with Crippen LogP contribution < -0.4 is 0 Å². The number of hydrogen-bond donors (Lipinski definition) is 1. The SMILES string of the molecule is CCCCN(CC(=O)N(CCc1c[nH]c2ccccc12)Cc1ccc(C(C)(C)C)cc1)C(=O)CC(C)(C)C. The lowest BCUT2D eigenvalue weighted by Crippen LogP contribution is -2.44. The van der Waals surface area contributed by atoms with Gasteiger partial charge < -0.3 is 14.8 Å². The van der Waals surface area contributed by atoms with Gasteiger partial charge in [-0.2, -0.15) is 0 Å². The Labute approximate surface area is 229 Å². The number of fused-ring (bicyclic) bond motifs is 1. The molecule has 5 heteroatoms. The number of rotatable bonds is 11. The van der Waals surface area contributed by atoms with Gasteiger partial charge >= 0.3 is 0 Å². The van der Waals surface area contributed by atoms with Gasteiger partial charge in [-0.05, 0) is 46.4 Å². The first kappa shape index (κ1) is 29.5. The second-order valence-electron chi connectivity index (χ2n) is 12.8. The number of benzene rings is 2. The van der Waals surface area contributed by atoms with Crippen LogP contribution >= 0.6 is 0 Å². The molecule has 5 nitrogen and oxygen atoms in total. The summed E-state index contributed by atoms with van der Waals surface area (Å²) in [5.74, 6) is 0.0634. The summed E-state index contributed by atoms with van der Waals surface area (Å²) in [6.45, 7) is 16.8. The van der Waals surface area contributed by atoms with Gasteiger partial charge in [0.25, 0.3) is 0 Å². The molecule has 1 N–H and O–H groups in total. The quantitative estimate of drug-likeness (QED) is 0.295. The van der Waals surface area contributed by atoms with Crippen LogP contribution in [0.25, 0.3) is 10.9 Å². The zero-order chi connectivity index (χ0) is 27.9. The summed E-state index contributed by atoms with van der Waals surface area (Å²) in [5.41, 5.74) is 4.65. The minimum Gasteiger partial charge on any atom is -0.361 e. The number of nitrogens with zero attached hydrogens (tertiary/aromatic N) is 2. The number of hydrogen-bond acceptors (Lipinski definition) is 2. The second kappa shape index (κ2) is 12.6. The molecule has 0 radical (unpaired) electrons. The summed E-state index contributed by atoms with van der Waals surface area (Å²) in [4.78, 5) is 34.0. The molecular weight excluding hydrogens is 470 g/mol. The lowest BCUT2D eigenvalue weighted by molar-refractivity contribution is -0.142. The Hall–Kier alpha value is -3.08. The third-order valence-corrected chi connectivity index (χ3v) is 7.01. The number of unbranched alkanes of at least 4 members (excludes halogenated alkanes) is 1. The number of aromatic nitrogens is 1. The van der Waals surface area contributed by atoms with Crippen LogP contribution in [-0.4, -0.2) is 46.2 Å². The van der Waals surface area contributed by atoms with Crippen LogP contribution in [0, 0.1) is 5.41 Å². The molecule has 0 bridgehead atoms. The highest BCUT2D eigenvalue weighted by atomic mass is 16.2. The molecule has 0 aliphatic carbocycles. The molecule has 0 unspecified atom stereocenters. The average Bonchev–Trinajstić information content (AvgIpc) is 3.26. The van der Waals surface area contributed by atoms with Crippen molar-refractivity contribution in [3.63, 3.8) is 0 Å². The molecule has 206 valence electrons. The predicted octanol–water partition coefficient (Wildman–Crippen LogP) is 7.10. The Balaban J connectivity index is 1.81. The van der Waals surface area contributed by atoms with E-state index in [4.69, 9.17) is 0 Å². The minimum absolute atomic E-state index is 0.00287. The molecule has 0 saturated heterocycles. The van der Waals surface area contributed by atoms with Crippen molar-refractivity contribution in [3.8, 4) is 0 Å². The maximum atomic E-state index is 13.8. The van der Waals surface area contributed by atoms with Gasteiger partial charge in [0.15, 0.2) is 0 Å². The molecule has 0 aliphatic rings. The fraction of sp³-hybridized carbons (Fsp3) is 0.515. The second-order valence-corrected chi connectivity index (χ2v) is 12.8.